The monoisotopic (exact) mass is 1770 g/mol. The van der Waals surface area contributed by atoms with Gasteiger partial charge in [-0.25, -0.2) is 19.9 Å². The van der Waals surface area contributed by atoms with Crippen LogP contribution in [0.2, 0.25) is 0 Å². The van der Waals surface area contributed by atoms with Gasteiger partial charge in [-0.15, -0.1) is 34.0 Å². The van der Waals surface area contributed by atoms with E-state index in [1.807, 2.05) is 17.5 Å². The number of para-hydroxylation sites is 9. The first-order chi connectivity index (χ1) is 67.0. The Morgan fingerprint density at radius 3 is 0.896 bits per heavy atom. The van der Waals surface area contributed by atoms with Gasteiger partial charge in [-0.3, -0.25) is 0 Å². The summed E-state index contributed by atoms with van der Waals surface area (Å²) in [6, 6.07) is 157. The number of hydrogen-bond donors (Lipinski definition) is 0. The van der Waals surface area contributed by atoms with Gasteiger partial charge in [0.2, 0.25) is 0 Å². The number of thiophene rings is 3. The van der Waals surface area contributed by atoms with Crippen molar-refractivity contribution in [3.8, 4) is 67.9 Å². The molecule has 0 saturated carbocycles. The van der Waals surface area contributed by atoms with Gasteiger partial charge >= 0.3 is 0 Å². The average Bonchev–Trinajstić information content (AvgIpc) is 1.55. The Kier molecular flexibility index (Phi) is 17.4. The highest BCUT2D eigenvalue weighted by Crippen LogP contribution is 2.50. The first-order valence-electron chi connectivity index (χ1n) is 45.5. The predicted molar refractivity (Wildman–Crippen MR) is 572 cm³/mol. The summed E-state index contributed by atoms with van der Waals surface area (Å²) in [6.45, 7) is 0. The third-order valence-corrected chi connectivity index (χ3v) is 30.7. The van der Waals surface area contributed by atoms with E-state index in [2.05, 4.69) is 464 Å². The molecule has 0 radical (unpaired) electrons. The van der Waals surface area contributed by atoms with Crippen LogP contribution in [0.4, 0.5) is 0 Å². The summed E-state index contributed by atoms with van der Waals surface area (Å²) in [7, 11) is 0. The second kappa shape index (κ2) is 30.7. The van der Waals surface area contributed by atoms with Crippen molar-refractivity contribution in [1.29, 1.82) is 0 Å². The van der Waals surface area contributed by atoms with Crippen LogP contribution in [0.25, 0.3) is 260 Å². The Hall–Kier alpha value is -17.2. The van der Waals surface area contributed by atoms with Gasteiger partial charge in [-0.2, -0.15) is 0 Å². The van der Waals surface area contributed by atoms with E-state index in [0.29, 0.717) is 0 Å². The first kappa shape index (κ1) is 76.6. The van der Waals surface area contributed by atoms with Gasteiger partial charge in [0, 0.05) is 162 Å². The molecule has 0 amide bonds. The van der Waals surface area contributed by atoms with Gasteiger partial charge in [-0.05, 0) is 211 Å². The molecule has 0 aliphatic carbocycles. The summed E-state index contributed by atoms with van der Waals surface area (Å²) in [5.41, 5.74) is 27.9. The van der Waals surface area contributed by atoms with Crippen LogP contribution in [0.3, 0.4) is 0 Å². The Labute approximate surface area is 784 Å². The molecule has 0 saturated heterocycles. The fourth-order valence-corrected chi connectivity index (χ4v) is 24.9. The van der Waals surface area contributed by atoms with Crippen LogP contribution in [-0.2, 0) is 0 Å². The summed E-state index contributed by atoms with van der Waals surface area (Å²) >= 11 is 5.36. The van der Waals surface area contributed by atoms with Crippen LogP contribution in [0, 0.1) is 0 Å². The van der Waals surface area contributed by atoms with Crippen LogP contribution < -0.4 is 0 Å². The number of rotatable bonds is 9. The molecule has 0 bridgehead atoms. The zero-order chi connectivity index (χ0) is 88.5. The van der Waals surface area contributed by atoms with Crippen molar-refractivity contribution >= 4 is 226 Å². The smallest absolute Gasteiger partial charge is 0.160 e. The van der Waals surface area contributed by atoms with E-state index < -0.39 is 0 Å². The molecule has 0 N–H and O–H groups in total. The summed E-state index contributed by atoms with van der Waals surface area (Å²) in [6.07, 6.45) is 3.69. The normalized spacial score (nSPS) is 12.0. The van der Waals surface area contributed by atoms with Gasteiger partial charge in [0.25, 0.3) is 0 Å². The number of nitrogens with zero attached hydrogens (tertiary/aromatic N) is 10. The molecular formula is C122H74N10S3. The van der Waals surface area contributed by atoms with Crippen molar-refractivity contribution in [2.75, 3.05) is 0 Å². The molecule has 0 atom stereocenters. The molecule has 0 fully saturated rings. The zero-order valence-corrected chi connectivity index (χ0v) is 74.9. The van der Waals surface area contributed by atoms with Crippen molar-refractivity contribution < 1.29 is 0 Å². The van der Waals surface area contributed by atoms with Crippen LogP contribution in [0.5, 0.6) is 0 Å². The molecule has 0 aliphatic rings. The van der Waals surface area contributed by atoms with Crippen molar-refractivity contribution in [1.82, 2.24) is 47.3 Å². The number of aromatic nitrogens is 10. The predicted octanol–water partition coefficient (Wildman–Crippen LogP) is 33.3. The Bertz CT molecular complexity index is 10100. The lowest BCUT2D eigenvalue weighted by Crippen LogP contribution is -1.94. The van der Waals surface area contributed by atoms with Crippen LogP contribution in [0.1, 0.15) is 0 Å². The minimum Gasteiger partial charge on any atom is -0.309 e. The lowest BCUT2D eigenvalue weighted by Gasteiger charge is -2.09. The average molecular weight is 1780 g/mol. The maximum Gasteiger partial charge on any atom is 0.160 e. The minimum atomic E-state index is 0.746. The van der Waals surface area contributed by atoms with Crippen LogP contribution >= 0.6 is 34.0 Å². The van der Waals surface area contributed by atoms with Crippen molar-refractivity contribution in [3.05, 3.63) is 449 Å². The third-order valence-electron chi connectivity index (χ3n) is 27.3. The van der Waals surface area contributed by atoms with Gasteiger partial charge in [0.15, 0.2) is 5.82 Å². The molecule has 30 rings (SSSR count). The summed E-state index contributed by atoms with van der Waals surface area (Å²) in [5, 5.41) is 21.2. The molecule has 10 nitrogen and oxygen atoms in total. The molecular weight excluding hydrogens is 1700 g/mol. The van der Waals surface area contributed by atoms with E-state index in [1.165, 1.54) is 188 Å². The third kappa shape index (κ3) is 12.0. The number of fused-ring (bicyclic) bond motifs is 30. The van der Waals surface area contributed by atoms with E-state index in [1.54, 1.807) is 29.0 Å². The second-order valence-electron chi connectivity index (χ2n) is 34.7. The molecule has 11 heterocycles. The molecule has 0 aliphatic heterocycles. The maximum absolute atomic E-state index is 5.09. The molecule has 630 valence electrons. The SMILES string of the molecule is c1ccc(-n2c3ccccc3c3c4c5cc(-c6ccc7sc8ccccc8c7c6)ccc5n(-c5ccccc5)c4ccc32)cc1.c1ccc(-n2c3ccccc3c3c4c5cc(-c6ncc7c(n6)sc6ccccc67)ccc5n(-c5ccccc5)c4ccc32)cc1.c1ccc(-n2c3ccccc3c3c4c5cc(-c6ncnc7c6sc6ccccc67)ccc5n(-c5ccccc5)c4ccc32)cc1. The molecule has 0 spiro atoms. The fourth-order valence-electron chi connectivity index (χ4n) is 21.6. The van der Waals surface area contributed by atoms with Gasteiger partial charge in [0.05, 0.1) is 82.1 Å². The molecule has 30 aromatic rings. The second-order valence-corrected chi connectivity index (χ2v) is 37.8. The van der Waals surface area contributed by atoms with Gasteiger partial charge < -0.3 is 27.4 Å². The summed E-state index contributed by atoms with van der Waals surface area (Å²) in [5.74, 6) is 0.746. The van der Waals surface area contributed by atoms with E-state index in [9.17, 15) is 0 Å². The van der Waals surface area contributed by atoms with Crippen molar-refractivity contribution in [3.63, 3.8) is 0 Å². The quantitative estimate of drug-likeness (QED) is 0.144. The standard InChI is InChI=1S/C42H26N2S.2C40H24N4S/c1-3-11-29(12-4-1)43-35-17-9-7-16-32(35)41-37(43)22-23-38-42(41)34-26-27(19-21-36(34)44(38)30-13-5-2-6-14-30)28-20-24-40-33(25-28)31-15-8-10-18-39(31)45-40;1-3-11-26(12-4-1)43-32-17-9-7-16-29(32)37-34(43)21-22-35-38(37)30-23-25(19-20-33(30)44(35)27-13-5-2-6-14-27)39-41-24-31-28-15-8-10-18-36(28)45-40(31)42-39;1-3-11-26(12-4-1)43-31-17-9-7-15-28(31)36-33(43)21-22-34-37(36)30-23-25(19-20-32(30)44(34)27-13-5-2-6-14-27)38-40-39(42-24-41-38)29-16-8-10-18-35(29)45-40/h1-26H;2*1-24H. The van der Waals surface area contributed by atoms with Crippen molar-refractivity contribution in [2.24, 2.45) is 0 Å². The molecule has 19 aromatic carbocycles. The van der Waals surface area contributed by atoms with Gasteiger partial charge in [-0.1, -0.05) is 237 Å². The van der Waals surface area contributed by atoms with E-state index in [-0.39, 0.29) is 0 Å². The highest BCUT2D eigenvalue weighted by molar-refractivity contribution is 7.26. The topological polar surface area (TPSA) is 81.1 Å². The van der Waals surface area contributed by atoms with Crippen LogP contribution in [-0.4, -0.2) is 47.3 Å². The summed E-state index contributed by atoms with van der Waals surface area (Å²) < 4.78 is 20.7. The largest absolute Gasteiger partial charge is 0.309 e. The lowest BCUT2D eigenvalue weighted by molar-refractivity contribution is 1.17. The maximum atomic E-state index is 5.09. The van der Waals surface area contributed by atoms with E-state index >= 15 is 0 Å². The fraction of sp³-hybridized carbons (Fsp3) is 0. The van der Waals surface area contributed by atoms with Crippen molar-refractivity contribution in [2.45, 2.75) is 0 Å². The Morgan fingerprint density at radius 1 is 0.185 bits per heavy atom. The van der Waals surface area contributed by atoms with E-state index in [4.69, 9.17) is 19.9 Å². The Morgan fingerprint density at radius 2 is 0.474 bits per heavy atom. The number of benzene rings is 19. The molecule has 13 heteroatoms. The van der Waals surface area contributed by atoms with Crippen LogP contribution in [0.15, 0.2) is 449 Å². The lowest BCUT2D eigenvalue weighted by atomic mass is 9.99. The van der Waals surface area contributed by atoms with E-state index in [0.717, 1.165) is 71.3 Å². The summed E-state index contributed by atoms with van der Waals surface area (Å²) in [4.78, 5) is 20.6. The highest BCUT2D eigenvalue weighted by Gasteiger charge is 2.28. The molecule has 0 unspecified atom stereocenters. The minimum absolute atomic E-state index is 0.746. The zero-order valence-electron chi connectivity index (χ0n) is 72.4. The first-order valence-corrected chi connectivity index (χ1v) is 48.0. The number of hydrogen-bond acceptors (Lipinski definition) is 7. The highest BCUT2D eigenvalue weighted by atomic mass is 32.1. The van der Waals surface area contributed by atoms with Gasteiger partial charge in [0.1, 0.15) is 11.2 Å². The molecule has 135 heavy (non-hydrogen) atoms. The molecule has 11 aromatic heterocycles. The Balaban J connectivity index is 0.000000101.